The van der Waals surface area contributed by atoms with Crippen molar-refractivity contribution in [2.45, 2.75) is 0 Å². The molecule has 8 nitrogen and oxygen atoms in total. The van der Waals surface area contributed by atoms with E-state index in [9.17, 15) is 9.59 Å². The minimum Gasteiger partial charge on any atom is -0.325 e. The zero-order valence-electron chi connectivity index (χ0n) is 12.7. The van der Waals surface area contributed by atoms with E-state index in [2.05, 4.69) is 15.1 Å². The first-order valence-corrected chi connectivity index (χ1v) is 7.54. The normalized spacial score (nSPS) is 15.1. The summed E-state index contributed by atoms with van der Waals surface area (Å²) in [5.74, 6) is -0.0750. The number of aromatic nitrogens is 4. The first-order valence-electron chi connectivity index (χ1n) is 7.54. The van der Waals surface area contributed by atoms with Crippen LogP contribution in [-0.2, 0) is 4.79 Å². The Labute approximate surface area is 137 Å². The molecule has 2 amide bonds. The Hall–Kier alpha value is -3.29. The van der Waals surface area contributed by atoms with Gasteiger partial charge in [-0.2, -0.15) is 4.98 Å². The van der Waals surface area contributed by atoms with Gasteiger partial charge in [0.25, 0.3) is 11.7 Å². The molecule has 1 aliphatic heterocycles. The lowest BCUT2D eigenvalue weighted by Gasteiger charge is -2.33. The fraction of sp³-hybridized carbons (Fsp3) is 0.188. The van der Waals surface area contributed by atoms with E-state index in [1.807, 2.05) is 30.3 Å². The van der Waals surface area contributed by atoms with Crippen molar-refractivity contribution in [2.75, 3.05) is 24.5 Å². The van der Waals surface area contributed by atoms with Crippen LogP contribution in [0.4, 0.5) is 5.69 Å². The summed E-state index contributed by atoms with van der Waals surface area (Å²) in [5, 5.41) is 4.12. The molecule has 1 fully saturated rings. The lowest BCUT2D eigenvalue weighted by atomic mass is 10.2. The van der Waals surface area contributed by atoms with Crippen LogP contribution in [0.2, 0.25) is 0 Å². The van der Waals surface area contributed by atoms with Crippen molar-refractivity contribution in [1.29, 1.82) is 0 Å². The lowest BCUT2D eigenvalue weighted by Crippen LogP contribution is -2.52. The molecule has 0 radical (unpaired) electrons. The Morgan fingerprint density at radius 1 is 1.08 bits per heavy atom. The zero-order chi connectivity index (χ0) is 16.5. The highest BCUT2D eigenvalue weighted by Crippen LogP contribution is 2.17. The van der Waals surface area contributed by atoms with Crippen LogP contribution >= 0.6 is 0 Å². The van der Waals surface area contributed by atoms with Crippen molar-refractivity contribution in [3.8, 4) is 0 Å². The number of amides is 2. The molecule has 0 N–H and O–H groups in total. The largest absolute Gasteiger partial charge is 0.325 e. The van der Waals surface area contributed by atoms with Gasteiger partial charge in [-0.3, -0.25) is 9.59 Å². The number of anilines is 1. The van der Waals surface area contributed by atoms with Crippen LogP contribution in [0, 0.1) is 0 Å². The molecule has 3 aromatic rings. The minimum atomic E-state index is -0.360. The smallest absolute Gasteiger partial charge is 0.294 e. The van der Waals surface area contributed by atoms with Gasteiger partial charge in [-0.1, -0.05) is 18.2 Å². The monoisotopic (exact) mass is 322 g/mol. The molecule has 3 heterocycles. The van der Waals surface area contributed by atoms with Gasteiger partial charge in [0, 0.05) is 31.2 Å². The number of hydrogen-bond donors (Lipinski definition) is 0. The van der Waals surface area contributed by atoms with Gasteiger partial charge in [0.05, 0.1) is 0 Å². The summed E-state index contributed by atoms with van der Waals surface area (Å²) in [7, 11) is 0. The predicted octanol–water partition coefficient (Wildman–Crippen LogP) is 0.613. The van der Waals surface area contributed by atoms with E-state index in [1.54, 1.807) is 23.4 Å². The van der Waals surface area contributed by atoms with Gasteiger partial charge >= 0.3 is 0 Å². The maximum Gasteiger partial charge on any atom is 0.294 e. The van der Waals surface area contributed by atoms with E-state index in [0.717, 1.165) is 5.69 Å². The minimum absolute atomic E-state index is 0.0106. The molecular weight excluding hydrogens is 308 g/mol. The van der Waals surface area contributed by atoms with Gasteiger partial charge in [0.2, 0.25) is 11.7 Å². The SMILES string of the molecule is O=C(c1nc2ncccn2n1)N1CCN(c2ccccc2)C(=O)C1. The molecule has 0 spiro atoms. The number of para-hydroxylation sites is 1. The third-order valence-electron chi connectivity index (χ3n) is 3.88. The Bertz CT molecular complexity index is 874. The van der Waals surface area contributed by atoms with Gasteiger partial charge in [0.1, 0.15) is 6.54 Å². The van der Waals surface area contributed by atoms with Crippen LogP contribution in [0.1, 0.15) is 10.6 Å². The summed E-state index contributed by atoms with van der Waals surface area (Å²) in [6.45, 7) is 0.888. The summed E-state index contributed by atoms with van der Waals surface area (Å²) in [4.78, 5) is 36.2. The van der Waals surface area contributed by atoms with Crippen LogP contribution in [0.25, 0.3) is 5.78 Å². The maximum atomic E-state index is 12.5. The Morgan fingerprint density at radius 3 is 2.67 bits per heavy atom. The second-order valence-electron chi connectivity index (χ2n) is 5.41. The van der Waals surface area contributed by atoms with E-state index in [1.165, 1.54) is 9.42 Å². The van der Waals surface area contributed by atoms with Gasteiger partial charge in [-0.25, -0.2) is 9.50 Å². The summed E-state index contributed by atoms with van der Waals surface area (Å²) >= 11 is 0. The van der Waals surface area contributed by atoms with Crippen LogP contribution in [0.5, 0.6) is 0 Å². The van der Waals surface area contributed by atoms with Crippen LogP contribution < -0.4 is 4.90 Å². The predicted molar refractivity (Wildman–Crippen MR) is 85.5 cm³/mol. The first-order chi connectivity index (χ1) is 11.7. The van der Waals surface area contributed by atoms with Gasteiger partial charge < -0.3 is 9.80 Å². The fourth-order valence-corrected chi connectivity index (χ4v) is 2.69. The highest BCUT2D eigenvalue weighted by molar-refractivity contribution is 6.00. The second-order valence-corrected chi connectivity index (χ2v) is 5.41. The van der Waals surface area contributed by atoms with Crippen LogP contribution in [-0.4, -0.2) is 55.9 Å². The molecule has 0 saturated carbocycles. The van der Waals surface area contributed by atoms with Crippen molar-refractivity contribution in [1.82, 2.24) is 24.5 Å². The fourth-order valence-electron chi connectivity index (χ4n) is 2.69. The molecule has 8 heteroatoms. The third-order valence-corrected chi connectivity index (χ3v) is 3.88. The number of hydrogen-bond acceptors (Lipinski definition) is 5. The summed E-state index contributed by atoms with van der Waals surface area (Å²) < 4.78 is 1.44. The van der Waals surface area contributed by atoms with E-state index >= 15 is 0 Å². The standard InChI is InChI=1S/C16H14N6O2/c23-13-11-20(9-10-21(13)12-5-2-1-3-6-12)15(24)14-18-16-17-7-4-8-22(16)19-14/h1-8H,9-11H2. The molecule has 1 aromatic carbocycles. The van der Waals surface area contributed by atoms with Crippen molar-refractivity contribution in [3.63, 3.8) is 0 Å². The number of carbonyl (C=O) groups is 2. The molecule has 1 aliphatic rings. The molecule has 120 valence electrons. The summed E-state index contributed by atoms with van der Waals surface area (Å²) in [6, 6.07) is 11.1. The van der Waals surface area contributed by atoms with Crippen molar-refractivity contribution in [2.24, 2.45) is 0 Å². The quantitative estimate of drug-likeness (QED) is 0.690. The van der Waals surface area contributed by atoms with Crippen molar-refractivity contribution in [3.05, 3.63) is 54.6 Å². The molecule has 0 bridgehead atoms. The average Bonchev–Trinajstić information content (AvgIpc) is 3.06. The topological polar surface area (TPSA) is 83.7 Å². The lowest BCUT2D eigenvalue weighted by molar-refractivity contribution is -0.120. The van der Waals surface area contributed by atoms with E-state index in [0.29, 0.717) is 18.9 Å². The average molecular weight is 322 g/mol. The number of rotatable bonds is 2. The molecule has 0 aliphatic carbocycles. The number of fused-ring (bicyclic) bond motifs is 1. The summed E-state index contributed by atoms with van der Waals surface area (Å²) in [6.07, 6.45) is 3.25. The van der Waals surface area contributed by atoms with E-state index < -0.39 is 0 Å². The Balaban J connectivity index is 1.52. The number of benzene rings is 1. The van der Waals surface area contributed by atoms with Gasteiger partial charge in [-0.05, 0) is 18.2 Å². The molecule has 4 rings (SSSR count). The third kappa shape index (κ3) is 2.47. The Morgan fingerprint density at radius 2 is 1.92 bits per heavy atom. The molecule has 1 saturated heterocycles. The van der Waals surface area contributed by atoms with Crippen LogP contribution in [0.3, 0.4) is 0 Å². The molecule has 0 atom stereocenters. The van der Waals surface area contributed by atoms with Gasteiger partial charge in [-0.15, -0.1) is 5.10 Å². The van der Waals surface area contributed by atoms with Crippen LogP contribution in [0.15, 0.2) is 48.8 Å². The number of carbonyl (C=O) groups excluding carboxylic acids is 2. The Kier molecular flexibility index (Phi) is 3.42. The van der Waals surface area contributed by atoms with Crippen molar-refractivity contribution >= 4 is 23.3 Å². The number of nitrogens with zero attached hydrogens (tertiary/aromatic N) is 6. The molecular formula is C16H14N6O2. The zero-order valence-corrected chi connectivity index (χ0v) is 12.7. The highest BCUT2D eigenvalue weighted by atomic mass is 16.2. The highest BCUT2D eigenvalue weighted by Gasteiger charge is 2.30. The first kappa shape index (κ1) is 14.3. The van der Waals surface area contributed by atoms with Gasteiger partial charge in [0.15, 0.2) is 0 Å². The second kappa shape index (κ2) is 5.73. The molecule has 24 heavy (non-hydrogen) atoms. The molecule has 0 unspecified atom stereocenters. The van der Waals surface area contributed by atoms with E-state index in [-0.39, 0.29) is 24.2 Å². The van der Waals surface area contributed by atoms with Crippen molar-refractivity contribution < 1.29 is 9.59 Å². The van der Waals surface area contributed by atoms with E-state index in [4.69, 9.17) is 0 Å². The maximum absolute atomic E-state index is 12.5. The molecule has 2 aromatic heterocycles. The number of piperazine rings is 1. The summed E-state index contributed by atoms with van der Waals surface area (Å²) in [5.41, 5.74) is 0.838.